The van der Waals surface area contributed by atoms with Crippen LogP contribution in [0.4, 0.5) is 5.82 Å². The maximum atomic E-state index is 5.96. The summed E-state index contributed by atoms with van der Waals surface area (Å²) in [6.07, 6.45) is 10.7. The normalized spacial score (nSPS) is 14.3. The molecule has 0 unspecified atom stereocenters. The number of aromatic nitrogens is 3. The molecule has 1 aliphatic heterocycles. The molecule has 3 aromatic rings. The second-order valence-electron chi connectivity index (χ2n) is 7.86. The van der Waals surface area contributed by atoms with Crippen molar-refractivity contribution in [1.29, 1.82) is 0 Å². The van der Waals surface area contributed by atoms with E-state index >= 15 is 0 Å². The SMILES string of the molecule is C=C(/C=C\NC)Nc1ncnc2ccc(Oc3ccc(OCCN4CCCCC4)cn3)cc12. The Kier molecular flexibility index (Phi) is 7.71. The van der Waals surface area contributed by atoms with Gasteiger partial charge in [0.2, 0.25) is 5.88 Å². The van der Waals surface area contributed by atoms with Crippen LogP contribution in [0.1, 0.15) is 19.3 Å². The fourth-order valence-corrected chi connectivity index (χ4v) is 3.69. The molecule has 8 nitrogen and oxygen atoms in total. The summed E-state index contributed by atoms with van der Waals surface area (Å²) in [6, 6.07) is 9.33. The zero-order valence-corrected chi connectivity index (χ0v) is 19.0. The molecule has 2 aromatic heterocycles. The van der Waals surface area contributed by atoms with Crippen LogP contribution >= 0.6 is 0 Å². The number of anilines is 1. The molecule has 3 heterocycles. The molecule has 0 bridgehead atoms. The molecule has 2 N–H and O–H groups in total. The zero-order valence-electron chi connectivity index (χ0n) is 19.0. The molecule has 33 heavy (non-hydrogen) atoms. The number of benzene rings is 1. The monoisotopic (exact) mass is 446 g/mol. The smallest absolute Gasteiger partial charge is 0.219 e. The van der Waals surface area contributed by atoms with Crippen molar-refractivity contribution in [3.63, 3.8) is 0 Å². The lowest BCUT2D eigenvalue weighted by molar-refractivity contribution is 0.183. The largest absolute Gasteiger partial charge is 0.491 e. The van der Waals surface area contributed by atoms with Gasteiger partial charge in [-0.25, -0.2) is 15.0 Å². The van der Waals surface area contributed by atoms with Crippen LogP contribution < -0.4 is 20.1 Å². The van der Waals surface area contributed by atoms with Gasteiger partial charge in [-0.3, -0.25) is 4.90 Å². The number of rotatable bonds is 10. The Balaban J connectivity index is 1.38. The lowest BCUT2D eigenvalue weighted by Crippen LogP contribution is -2.33. The lowest BCUT2D eigenvalue weighted by atomic mass is 10.1. The van der Waals surface area contributed by atoms with Gasteiger partial charge in [0.05, 0.1) is 11.7 Å². The highest BCUT2D eigenvalue weighted by Crippen LogP contribution is 2.28. The van der Waals surface area contributed by atoms with E-state index in [0.29, 0.717) is 29.8 Å². The Morgan fingerprint density at radius 1 is 1.09 bits per heavy atom. The number of likely N-dealkylation sites (tertiary alicyclic amines) is 1. The Labute approximate surface area is 194 Å². The summed E-state index contributed by atoms with van der Waals surface area (Å²) in [5.41, 5.74) is 1.50. The number of hydrogen-bond donors (Lipinski definition) is 2. The first-order chi connectivity index (χ1) is 16.2. The zero-order chi connectivity index (χ0) is 22.9. The third-order valence-corrected chi connectivity index (χ3v) is 5.39. The van der Waals surface area contributed by atoms with Gasteiger partial charge in [-0.05, 0) is 62.5 Å². The van der Waals surface area contributed by atoms with Gasteiger partial charge in [0, 0.05) is 30.7 Å². The van der Waals surface area contributed by atoms with Crippen molar-refractivity contribution in [1.82, 2.24) is 25.2 Å². The van der Waals surface area contributed by atoms with Crippen molar-refractivity contribution < 1.29 is 9.47 Å². The third-order valence-electron chi connectivity index (χ3n) is 5.39. The van der Waals surface area contributed by atoms with Gasteiger partial charge in [0.1, 0.15) is 30.3 Å². The average molecular weight is 447 g/mol. The van der Waals surface area contributed by atoms with Gasteiger partial charge >= 0.3 is 0 Å². The summed E-state index contributed by atoms with van der Waals surface area (Å²) < 4.78 is 11.8. The molecule has 1 saturated heterocycles. The Hall–Kier alpha value is -3.65. The highest BCUT2D eigenvalue weighted by atomic mass is 16.5. The van der Waals surface area contributed by atoms with E-state index in [9.17, 15) is 0 Å². The third kappa shape index (κ3) is 6.43. The summed E-state index contributed by atoms with van der Waals surface area (Å²) in [4.78, 5) is 15.5. The van der Waals surface area contributed by atoms with Crippen LogP contribution in [-0.4, -0.2) is 53.1 Å². The number of nitrogens with one attached hydrogen (secondary N) is 2. The van der Waals surface area contributed by atoms with Crippen molar-refractivity contribution in [3.8, 4) is 17.4 Å². The van der Waals surface area contributed by atoms with Crippen molar-refractivity contribution in [2.24, 2.45) is 0 Å². The molecule has 0 amide bonds. The minimum atomic E-state index is 0.491. The number of pyridine rings is 1. The Morgan fingerprint density at radius 2 is 1.94 bits per heavy atom. The predicted molar refractivity (Wildman–Crippen MR) is 131 cm³/mol. The maximum Gasteiger partial charge on any atom is 0.219 e. The molecule has 1 aromatic carbocycles. The molecule has 0 atom stereocenters. The number of hydrogen-bond acceptors (Lipinski definition) is 8. The predicted octanol–water partition coefficient (Wildman–Crippen LogP) is 4.34. The summed E-state index contributed by atoms with van der Waals surface area (Å²) >= 11 is 0. The quantitative estimate of drug-likeness (QED) is 0.445. The molecule has 0 aliphatic carbocycles. The maximum absolute atomic E-state index is 5.96. The van der Waals surface area contributed by atoms with E-state index in [1.165, 1.54) is 38.7 Å². The first kappa shape index (κ1) is 22.5. The fraction of sp³-hybridized carbons (Fsp3) is 0.320. The van der Waals surface area contributed by atoms with Crippen molar-refractivity contribution >= 4 is 16.7 Å². The van der Waals surface area contributed by atoms with E-state index in [0.717, 1.165) is 23.2 Å². The first-order valence-electron chi connectivity index (χ1n) is 11.2. The average Bonchev–Trinajstić information content (AvgIpc) is 2.85. The van der Waals surface area contributed by atoms with E-state index in [1.54, 1.807) is 12.4 Å². The van der Waals surface area contributed by atoms with Crippen LogP contribution in [-0.2, 0) is 0 Å². The van der Waals surface area contributed by atoms with Crippen molar-refractivity contribution in [3.05, 3.63) is 67.4 Å². The summed E-state index contributed by atoms with van der Waals surface area (Å²) in [5.74, 6) is 2.53. The summed E-state index contributed by atoms with van der Waals surface area (Å²) in [6.45, 7) is 7.94. The molecular formula is C25H30N6O2. The van der Waals surface area contributed by atoms with Crippen LogP contribution in [0.15, 0.2) is 67.4 Å². The van der Waals surface area contributed by atoms with Gasteiger partial charge in [-0.1, -0.05) is 13.0 Å². The molecular weight excluding hydrogens is 416 g/mol. The van der Waals surface area contributed by atoms with Crippen LogP contribution in [0.3, 0.4) is 0 Å². The van der Waals surface area contributed by atoms with E-state index < -0.39 is 0 Å². The van der Waals surface area contributed by atoms with Crippen molar-refractivity contribution in [2.45, 2.75) is 19.3 Å². The first-order valence-corrected chi connectivity index (χ1v) is 11.2. The summed E-state index contributed by atoms with van der Waals surface area (Å²) in [7, 11) is 1.83. The molecule has 172 valence electrons. The molecule has 0 spiro atoms. The van der Waals surface area contributed by atoms with Gasteiger partial charge in [0.25, 0.3) is 0 Å². The lowest BCUT2D eigenvalue weighted by Gasteiger charge is -2.26. The van der Waals surface area contributed by atoms with Gasteiger partial charge in [0.15, 0.2) is 0 Å². The second kappa shape index (κ2) is 11.3. The Morgan fingerprint density at radius 3 is 2.73 bits per heavy atom. The van der Waals surface area contributed by atoms with Crippen LogP contribution in [0.2, 0.25) is 0 Å². The number of allylic oxidation sites excluding steroid dienone is 1. The Bertz CT molecular complexity index is 1090. The van der Waals surface area contributed by atoms with E-state index in [1.807, 2.05) is 43.5 Å². The minimum Gasteiger partial charge on any atom is -0.491 e. The molecule has 4 rings (SSSR count). The van der Waals surface area contributed by atoms with E-state index in [-0.39, 0.29) is 0 Å². The topological polar surface area (TPSA) is 84.4 Å². The van der Waals surface area contributed by atoms with Crippen LogP contribution in [0, 0.1) is 0 Å². The second-order valence-corrected chi connectivity index (χ2v) is 7.86. The minimum absolute atomic E-state index is 0.491. The molecule has 8 heteroatoms. The standard InChI is InChI=1S/C25H30N6O2/c1-19(10-11-26-2)30-25-22-16-20(6-8-23(22)28-18-29-25)33-24-9-7-21(17-27-24)32-15-14-31-12-4-3-5-13-31/h6-11,16-18,26H,1,3-5,12-15H2,2H3,(H,28,29,30)/b11-10-. The highest BCUT2D eigenvalue weighted by Gasteiger charge is 2.10. The molecule has 1 aliphatic rings. The summed E-state index contributed by atoms with van der Waals surface area (Å²) in [5, 5.41) is 6.96. The van der Waals surface area contributed by atoms with Gasteiger partial charge in [-0.15, -0.1) is 0 Å². The van der Waals surface area contributed by atoms with E-state index in [2.05, 4.69) is 37.1 Å². The van der Waals surface area contributed by atoms with Gasteiger partial charge in [-0.2, -0.15) is 0 Å². The molecule has 1 fully saturated rings. The van der Waals surface area contributed by atoms with Gasteiger partial charge < -0.3 is 20.1 Å². The number of ether oxygens (including phenoxy) is 2. The van der Waals surface area contributed by atoms with Crippen molar-refractivity contribution in [2.75, 3.05) is 38.6 Å². The molecule has 0 saturated carbocycles. The van der Waals surface area contributed by atoms with Crippen LogP contribution in [0.5, 0.6) is 17.4 Å². The van der Waals surface area contributed by atoms with Crippen LogP contribution in [0.25, 0.3) is 10.9 Å². The van der Waals surface area contributed by atoms with E-state index in [4.69, 9.17) is 9.47 Å². The number of piperidine rings is 1. The highest BCUT2D eigenvalue weighted by molar-refractivity contribution is 5.90. The molecule has 0 radical (unpaired) electrons. The number of fused-ring (bicyclic) bond motifs is 1. The fourth-order valence-electron chi connectivity index (χ4n) is 3.69. The number of nitrogens with zero attached hydrogens (tertiary/aromatic N) is 4.